The van der Waals surface area contributed by atoms with E-state index in [4.69, 9.17) is 9.73 Å². The molecule has 2 aromatic rings. The van der Waals surface area contributed by atoms with Gasteiger partial charge in [-0.3, -0.25) is 9.58 Å². The van der Waals surface area contributed by atoms with Crippen LogP contribution in [0, 0.1) is 13.8 Å². The molecule has 0 radical (unpaired) electrons. The number of benzene rings is 1. The van der Waals surface area contributed by atoms with Crippen LogP contribution in [0.25, 0.3) is 0 Å². The maximum atomic E-state index is 5.48. The van der Waals surface area contributed by atoms with Gasteiger partial charge in [0, 0.05) is 45.0 Å². The lowest BCUT2D eigenvalue weighted by Gasteiger charge is -2.27. The van der Waals surface area contributed by atoms with Gasteiger partial charge in [-0.1, -0.05) is 24.3 Å². The number of ether oxygens (including phenoxy) is 1. The van der Waals surface area contributed by atoms with Gasteiger partial charge in [-0.2, -0.15) is 5.10 Å². The molecule has 1 fully saturated rings. The number of aryl methyl sites for hydroxylation is 2. The van der Waals surface area contributed by atoms with Gasteiger partial charge in [-0.15, -0.1) is 24.0 Å². The maximum Gasteiger partial charge on any atom is 0.191 e. The van der Waals surface area contributed by atoms with Crippen LogP contribution in [0.15, 0.2) is 29.3 Å². The molecule has 8 heteroatoms. The number of nitrogens with one attached hydrogen (secondary N) is 2. The highest BCUT2D eigenvalue weighted by Crippen LogP contribution is 2.15. The lowest BCUT2D eigenvalue weighted by Crippen LogP contribution is -2.43. The summed E-state index contributed by atoms with van der Waals surface area (Å²) < 4.78 is 7.44. The molecule has 1 aliphatic heterocycles. The van der Waals surface area contributed by atoms with Crippen LogP contribution < -0.4 is 10.6 Å². The Kier molecular flexibility index (Phi) is 10.9. The normalized spacial score (nSPS) is 15.8. The summed E-state index contributed by atoms with van der Waals surface area (Å²) in [4.78, 5) is 7.35. The first-order valence-electron chi connectivity index (χ1n) is 11.4. The van der Waals surface area contributed by atoms with Crippen molar-refractivity contribution in [3.8, 4) is 0 Å². The van der Waals surface area contributed by atoms with Crippen LogP contribution in [0.4, 0.5) is 0 Å². The predicted molar refractivity (Wildman–Crippen MR) is 142 cm³/mol. The van der Waals surface area contributed by atoms with Gasteiger partial charge >= 0.3 is 0 Å². The lowest BCUT2D eigenvalue weighted by molar-refractivity contribution is 0.0341. The standard InChI is InChI=1S/C24H38N6O.HI/c1-6-25-24(27-18(2)15-23-19(3)28-29(5)20(23)4)26-16-21-9-7-8-10-22(21)17-30-11-13-31-14-12-30;/h7-10,18H,6,11-17H2,1-5H3,(H2,25,26,27);1H. The third kappa shape index (κ3) is 7.45. The van der Waals surface area contributed by atoms with Crippen molar-refractivity contribution in [1.29, 1.82) is 0 Å². The number of morpholine rings is 1. The fraction of sp³-hybridized carbons (Fsp3) is 0.583. The second-order valence-corrected chi connectivity index (χ2v) is 8.37. The van der Waals surface area contributed by atoms with Crippen LogP contribution >= 0.6 is 24.0 Å². The Morgan fingerprint density at radius 3 is 2.50 bits per heavy atom. The maximum absolute atomic E-state index is 5.48. The zero-order valence-corrected chi connectivity index (χ0v) is 22.5. The summed E-state index contributed by atoms with van der Waals surface area (Å²) >= 11 is 0. The van der Waals surface area contributed by atoms with E-state index in [1.54, 1.807) is 0 Å². The molecule has 0 aliphatic carbocycles. The third-order valence-electron chi connectivity index (χ3n) is 5.92. The molecule has 0 spiro atoms. The van der Waals surface area contributed by atoms with E-state index in [0.717, 1.165) is 57.5 Å². The average molecular weight is 555 g/mol. The lowest BCUT2D eigenvalue weighted by atomic mass is 10.1. The summed E-state index contributed by atoms with van der Waals surface area (Å²) in [5, 5.41) is 11.5. The summed E-state index contributed by atoms with van der Waals surface area (Å²) in [5.74, 6) is 0.857. The Morgan fingerprint density at radius 2 is 1.88 bits per heavy atom. The number of rotatable bonds is 8. The Bertz CT molecular complexity index is 875. The monoisotopic (exact) mass is 554 g/mol. The number of aromatic nitrogens is 2. The zero-order valence-electron chi connectivity index (χ0n) is 20.1. The Labute approximate surface area is 210 Å². The zero-order chi connectivity index (χ0) is 22.2. The van der Waals surface area contributed by atoms with Crippen molar-refractivity contribution < 1.29 is 4.74 Å². The minimum absolute atomic E-state index is 0. The molecule has 1 unspecified atom stereocenters. The second-order valence-electron chi connectivity index (χ2n) is 8.37. The van der Waals surface area contributed by atoms with Gasteiger partial charge in [0.1, 0.15) is 0 Å². The van der Waals surface area contributed by atoms with Crippen LogP contribution in [0.5, 0.6) is 0 Å². The van der Waals surface area contributed by atoms with Crippen molar-refractivity contribution in [2.24, 2.45) is 12.0 Å². The van der Waals surface area contributed by atoms with Crippen LogP contribution in [0.3, 0.4) is 0 Å². The molecule has 2 heterocycles. The first-order valence-corrected chi connectivity index (χ1v) is 11.4. The summed E-state index contributed by atoms with van der Waals surface area (Å²) in [5.41, 5.74) is 6.27. The molecule has 3 rings (SSSR count). The fourth-order valence-electron chi connectivity index (χ4n) is 4.05. The topological polar surface area (TPSA) is 66.7 Å². The second kappa shape index (κ2) is 13.2. The van der Waals surface area contributed by atoms with E-state index in [2.05, 4.69) is 72.6 Å². The molecule has 0 amide bonds. The molecule has 32 heavy (non-hydrogen) atoms. The summed E-state index contributed by atoms with van der Waals surface area (Å²) in [6, 6.07) is 8.88. The molecule has 1 saturated heterocycles. The molecule has 1 aromatic carbocycles. The highest BCUT2D eigenvalue weighted by atomic mass is 127. The van der Waals surface area contributed by atoms with Gasteiger partial charge in [0.15, 0.2) is 5.96 Å². The Balaban J connectivity index is 0.00000363. The molecule has 7 nitrogen and oxygen atoms in total. The predicted octanol–water partition coefficient (Wildman–Crippen LogP) is 3.17. The minimum Gasteiger partial charge on any atom is -0.379 e. The van der Waals surface area contributed by atoms with Gasteiger partial charge in [0.25, 0.3) is 0 Å². The Morgan fingerprint density at radius 1 is 1.19 bits per heavy atom. The van der Waals surface area contributed by atoms with Crippen LogP contribution in [-0.4, -0.2) is 59.5 Å². The molecule has 1 aromatic heterocycles. The highest BCUT2D eigenvalue weighted by molar-refractivity contribution is 14.0. The van der Waals surface area contributed by atoms with E-state index in [1.165, 1.54) is 22.4 Å². The molecular formula is C24H39IN6O. The van der Waals surface area contributed by atoms with Crippen molar-refractivity contribution in [1.82, 2.24) is 25.3 Å². The largest absolute Gasteiger partial charge is 0.379 e. The van der Waals surface area contributed by atoms with Crippen LogP contribution in [-0.2, 0) is 31.3 Å². The van der Waals surface area contributed by atoms with Crippen LogP contribution in [0.1, 0.15) is 41.9 Å². The minimum atomic E-state index is 0. The molecular weight excluding hydrogens is 515 g/mol. The van der Waals surface area contributed by atoms with E-state index < -0.39 is 0 Å². The van der Waals surface area contributed by atoms with Crippen molar-refractivity contribution in [2.45, 2.75) is 53.2 Å². The van der Waals surface area contributed by atoms with E-state index >= 15 is 0 Å². The van der Waals surface area contributed by atoms with Crippen molar-refractivity contribution >= 4 is 29.9 Å². The van der Waals surface area contributed by atoms with Crippen molar-refractivity contribution in [3.05, 3.63) is 52.3 Å². The number of hydrogen-bond donors (Lipinski definition) is 2. The Hall–Kier alpha value is -1.65. The van der Waals surface area contributed by atoms with Gasteiger partial charge in [-0.25, -0.2) is 4.99 Å². The van der Waals surface area contributed by atoms with Crippen molar-refractivity contribution in [3.63, 3.8) is 0 Å². The van der Waals surface area contributed by atoms with E-state index in [0.29, 0.717) is 6.54 Å². The smallest absolute Gasteiger partial charge is 0.191 e. The molecule has 0 bridgehead atoms. The number of halogens is 1. The molecule has 2 N–H and O–H groups in total. The van der Waals surface area contributed by atoms with Gasteiger partial charge in [-0.05, 0) is 50.8 Å². The van der Waals surface area contributed by atoms with E-state index in [9.17, 15) is 0 Å². The highest BCUT2D eigenvalue weighted by Gasteiger charge is 2.15. The number of aliphatic imine (C=N–C) groups is 1. The fourth-order valence-corrected chi connectivity index (χ4v) is 4.05. The number of guanidine groups is 1. The molecule has 178 valence electrons. The number of hydrogen-bond acceptors (Lipinski definition) is 4. The SMILES string of the molecule is CCNC(=NCc1ccccc1CN1CCOCC1)NC(C)Cc1c(C)nn(C)c1C.I. The first kappa shape index (κ1) is 26.6. The van der Waals surface area contributed by atoms with Gasteiger partial charge in [0.05, 0.1) is 25.5 Å². The molecule has 0 saturated carbocycles. The van der Waals surface area contributed by atoms with E-state index in [-0.39, 0.29) is 30.0 Å². The van der Waals surface area contributed by atoms with Gasteiger partial charge < -0.3 is 15.4 Å². The van der Waals surface area contributed by atoms with Crippen molar-refractivity contribution in [2.75, 3.05) is 32.8 Å². The summed E-state index contributed by atoms with van der Waals surface area (Å²) in [6.07, 6.45) is 0.920. The van der Waals surface area contributed by atoms with Gasteiger partial charge in [0.2, 0.25) is 0 Å². The quantitative estimate of drug-likeness (QED) is 0.298. The molecule has 1 atom stereocenters. The first-order chi connectivity index (χ1) is 15.0. The average Bonchev–Trinajstić information content (AvgIpc) is 3.00. The third-order valence-corrected chi connectivity index (χ3v) is 5.92. The van der Waals surface area contributed by atoms with Crippen LogP contribution in [0.2, 0.25) is 0 Å². The molecule has 1 aliphatic rings. The summed E-state index contributed by atoms with van der Waals surface area (Å²) in [7, 11) is 2.00. The van der Waals surface area contributed by atoms with E-state index in [1.807, 2.05) is 11.7 Å². The summed E-state index contributed by atoms with van der Waals surface area (Å²) in [6.45, 7) is 14.6. The number of nitrogens with zero attached hydrogens (tertiary/aromatic N) is 4.